The number of nitrogens with zero attached hydrogens (tertiary/aromatic N) is 2. The quantitative estimate of drug-likeness (QED) is 0.415. The van der Waals surface area contributed by atoms with Crippen molar-refractivity contribution in [1.29, 1.82) is 0 Å². The summed E-state index contributed by atoms with van der Waals surface area (Å²) in [5, 5.41) is 5.12. The van der Waals surface area contributed by atoms with Crippen LogP contribution in [0.1, 0.15) is 33.9 Å². The molecule has 1 aliphatic heterocycles. The summed E-state index contributed by atoms with van der Waals surface area (Å²) in [5.74, 6) is -0.212. The molecule has 3 aromatic carbocycles. The monoisotopic (exact) mass is 534 g/mol. The number of hydrazine groups is 1. The average molecular weight is 535 g/mol. The Hall–Kier alpha value is -3.53. The van der Waals surface area contributed by atoms with E-state index in [-0.39, 0.29) is 29.2 Å². The van der Waals surface area contributed by atoms with Gasteiger partial charge >= 0.3 is 0 Å². The molecule has 0 aromatic heterocycles. The van der Waals surface area contributed by atoms with E-state index < -0.39 is 9.84 Å². The molecule has 38 heavy (non-hydrogen) atoms. The molecule has 2 amide bonds. The summed E-state index contributed by atoms with van der Waals surface area (Å²) in [6.45, 7) is 3.83. The molecule has 4 rings (SSSR count). The minimum Gasteiger partial charge on any atom is -0.345 e. The fraction of sp³-hybridized carbons (Fsp3) is 0.310. The summed E-state index contributed by atoms with van der Waals surface area (Å²) in [6.07, 6.45) is 2.12. The molecule has 0 aliphatic carbocycles. The third kappa shape index (κ3) is 7.98. The Morgan fingerprint density at radius 2 is 1.45 bits per heavy atom. The number of benzene rings is 3. The summed E-state index contributed by atoms with van der Waals surface area (Å²) < 4.78 is 23.2. The minimum absolute atomic E-state index is 0.0852. The fourth-order valence-electron chi connectivity index (χ4n) is 4.49. The zero-order chi connectivity index (χ0) is 27.0. The van der Waals surface area contributed by atoms with Crippen LogP contribution in [0, 0.1) is 0 Å². The summed E-state index contributed by atoms with van der Waals surface area (Å²) in [7, 11) is -3.26. The number of carbonyl (C=O) groups is 2. The van der Waals surface area contributed by atoms with Crippen molar-refractivity contribution >= 4 is 21.7 Å². The number of hydrogen-bond donors (Lipinski definition) is 2. The van der Waals surface area contributed by atoms with Crippen molar-refractivity contribution in [3.63, 3.8) is 0 Å². The molecular weight excluding hydrogens is 500 g/mol. The van der Waals surface area contributed by atoms with Crippen LogP contribution < -0.4 is 10.7 Å². The van der Waals surface area contributed by atoms with Crippen LogP contribution in [0.15, 0.2) is 89.8 Å². The Kier molecular flexibility index (Phi) is 9.28. The number of amides is 2. The van der Waals surface area contributed by atoms with Crippen LogP contribution in [0.25, 0.3) is 0 Å². The fourth-order valence-corrected chi connectivity index (χ4v) is 5.12. The number of rotatable bonds is 10. The van der Waals surface area contributed by atoms with E-state index in [2.05, 4.69) is 15.6 Å². The van der Waals surface area contributed by atoms with Gasteiger partial charge < -0.3 is 10.2 Å². The molecule has 1 atom stereocenters. The molecule has 1 fully saturated rings. The highest BCUT2D eigenvalue weighted by atomic mass is 32.2. The highest BCUT2D eigenvalue weighted by Gasteiger charge is 2.21. The molecule has 0 bridgehead atoms. The first-order valence-corrected chi connectivity index (χ1v) is 14.6. The Bertz CT molecular complexity index is 1310. The van der Waals surface area contributed by atoms with Crippen molar-refractivity contribution in [2.24, 2.45) is 0 Å². The maximum atomic E-state index is 12.8. The van der Waals surface area contributed by atoms with Gasteiger partial charge in [-0.3, -0.25) is 15.0 Å². The molecular formula is C29H34N4O4S. The van der Waals surface area contributed by atoms with Gasteiger partial charge in [0.05, 0.1) is 17.4 Å². The molecule has 200 valence electrons. The highest BCUT2D eigenvalue weighted by Crippen LogP contribution is 2.19. The lowest BCUT2D eigenvalue weighted by molar-refractivity contribution is -0.126. The number of piperazine rings is 1. The molecule has 1 heterocycles. The highest BCUT2D eigenvalue weighted by molar-refractivity contribution is 7.90. The van der Waals surface area contributed by atoms with Crippen molar-refractivity contribution < 1.29 is 18.0 Å². The Labute approximate surface area is 224 Å². The molecule has 1 saturated heterocycles. The lowest BCUT2D eigenvalue weighted by Crippen LogP contribution is -2.54. The third-order valence-electron chi connectivity index (χ3n) is 6.65. The van der Waals surface area contributed by atoms with Crippen LogP contribution in [0.3, 0.4) is 0 Å². The molecule has 9 heteroatoms. The maximum absolute atomic E-state index is 12.8. The number of carbonyl (C=O) groups excluding carboxylic acids is 2. The molecule has 0 saturated carbocycles. The van der Waals surface area contributed by atoms with Gasteiger partial charge in [0.1, 0.15) is 0 Å². The summed E-state index contributed by atoms with van der Waals surface area (Å²) in [6, 6.07) is 25.6. The van der Waals surface area contributed by atoms with Crippen LogP contribution in [0.5, 0.6) is 0 Å². The zero-order valence-corrected chi connectivity index (χ0v) is 22.4. The summed E-state index contributed by atoms with van der Waals surface area (Å²) >= 11 is 0. The van der Waals surface area contributed by atoms with Gasteiger partial charge in [-0.2, -0.15) is 0 Å². The number of nitrogens with one attached hydrogen (secondary N) is 2. The van der Waals surface area contributed by atoms with Gasteiger partial charge in [-0.1, -0.05) is 60.7 Å². The van der Waals surface area contributed by atoms with Gasteiger partial charge in [-0.25, -0.2) is 13.4 Å². The van der Waals surface area contributed by atoms with E-state index in [1.54, 1.807) is 12.1 Å². The zero-order valence-electron chi connectivity index (χ0n) is 21.5. The predicted molar refractivity (Wildman–Crippen MR) is 147 cm³/mol. The first-order valence-electron chi connectivity index (χ1n) is 12.7. The second-order valence-electron chi connectivity index (χ2n) is 9.55. The van der Waals surface area contributed by atoms with Crippen molar-refractivity contribution in [3.05, 3.63) is 102 Å². The van der Waals surface area contributed by atoms with Crippen LogP contribution in [-0.4, -0.2) is 69.1 Å². The van der Waals surface area contributed by atoms with Crippen LogP contribution >= 0.6 is 0 Å². The van der Waals surface area contributed by atoms with Gasteiger partial charge in [0.2, 0.25) is 5.91 Å². The maximum Gasteiger partial charge on any atom is 0.251 e. The predicted octanol–water partition coefficient (Wildman–Crippen LogP) is 2.84. The minimum atomic E-state index is -3.26. The Morgan fingerprint density at radius 1 is 0.842 bits per heavy atom. The van der Waals surface area contributed by atoms with E-state index in [1.165, 1.54) is 12.1 Å². The van der Waals surface area contributed by atoms with Gasteiger partial charge in [0.25, 0.3) is 5.91 Å². The van der Waals surface area contributed by atoms with Crippen LogP contribution in [0.4, 0.5) is 0 Å². The number of sulfone groups is 1. The molecule has 8 nitrogen and oxygen atoms in total. The van der Waals surface area contributed by atoms with Crippen molar-refractivity contribution in [2.45, 2.75) is 23.8 Å². The van der Waals surface area contributed by atoms with Crippen LogP contribution in [0.2, 0.25) is 0 Å². The average Bonchev–Trinajstić information content (AvgIpc) is 2.92. The van der Waals surface area contributed by atoms with E-state index in [1.807, 2.05) is 65.7 Å². The van der Waals surface area contributed by atoms with E-state index in [0.29, 0.717) is 18.7 Å². The van der Waals surface area contributed by atoms with E-state index in [0.717, 1.165) is 43.4 Å². The van der Waals surface area contributed by atoms with Gasteiger partial charge in [-0.15, -0.1) is 0 Å². The molecule has 0 spiro atoms. The lowest BCUT2D eigenvalue weighted by atomic mass is 10.0. The Balaban J connectivity index is 1.25. The standard InChI is InChI=1S/C29H34N4O4S/c1-38(36,37)26-14-12-23(13-15-26)22-28(34)31-33-20-18-32(19-21-33)17-16-27(24-8-4-2-5-9-24)30-29(35)25-10-6-3-7-11-25/h2-15,27H,16-22H2,1H3,(H,30,35)(H,31,34)/t27-/m0/s1. The van der Waals surface area contributed by atoms with E-state index in [4.69, 9.17) is 0 Å². The Morgan fingerprint density at radius 3 is 2.05 bits per heavy atom. The van der Waals surface area contributed by atoms with Crippen LogP contribution in [-0.2, 0) is 21.1 Å². The smallest absolute Gasteiger partial charge is 0.251 e. The normalized spacial score (nSPS) is 15.5. The summed E-state index contributed by atoms with van der Waals surface area (Å²) in [5.41, 5.74) is 5.44. The topological polar surface area (TPSA) is 98.8 Å². The van der Waals surface area contributed by atoms with Gasteiger partial charge in [0, 0.05) is 44.5 Å². The van der Waals surface area contributed by atoms with E-state index >= 15 is 0 Å². The molecule has 1 aliphatic rings. The van der Waals surface area contributed by atoms with Crippen molar-refractivity contribution in [2.75, 3.05) is 39.0 Å². The molecule has 0 unspecified atom stereocenters. The second kappa shape index (κ2) is 12.8. The first kappa shape index (κ1) is 27.5. The largest absolute Gasteiger partial charge is 0.345 e. The SMILES string of the molecule is CS(=O)(=O)c1ccc(CC(=O)NN2CCN(CC[C@H](NC(=O)c3ccccc3)c3ccccc3)CC2)cc1. The molecule has 2 N–H and O–H groups in total. The number of hydrogen-bond acceptors (Lipinski definition) is 6. The molecule has 0 radical (unpaired) electrons. The first-order chi connectivity index (χ1) is 18.3. The second-order valence-corrected chi connectivity index (χ2v) is 11.6. The van der Waals surface area contributed by atoms with Gasteiger partial charge in [0.15, 0.2) is 9.84 Å². The van der Waals surface area contributed by atoms with E-state index in [9.17, 15) is 18.0 Å². The lowest BCUT2D eigenvalue weighted by Gasteiger charge is -2.35. The van der Waals surface area contributed by atoms with Crippen molar-refractivity contribution in [3.8, 4) is 0 Å². The third-order valence-corrected chi connectivity index (χ3v) is 7.78. The van der Waals surface area contributed by atoms with Crippen molar-refractivity contribution in [1.82, 2.24) is 20.7 Å². The van der Waals surface area contributed by atoms with Gasteiger partial charge in [-0.05, 0) is 41.8 Å². The summed E-state index contributed by atoms with van der Waals surface area (Å²) in [4.78, 5) is 27.9. The molecule has 3 aromatic rings.